The molecule has 7 nitrogen and oxygen atoms in total. The number of methoxy groups -OCH3 is 1. The van der Waals surface area contributed by atoms with Gasteiger partial charge in [0.05, 0.1) is 19.3 Å². The Bertz CT molecular complexity index is 823. The van der Waals surface area contributed by atoms with E-state index < -0.39 is 0 Å². The number of fused-ring (bicyclic) bond motifs is 1. The lowest BCUT2D eigenvalue weighted by molar-refractivity contribution is 0.246. The van der Waals surface area contributed by atoms with Gasteiger partial charge in [0.25, 0.3) is 0 Å². The molecule has 0 saturated carbocycles. The summed E-state index contributed by atoms with van der Waals surface area (Å²) >= 11 is 0. The molecule has 0 atom stereocenters. The van der Waals surface area contributed by atoms with Gasteiger partial charge in [-0.2, -0.15) is 9.90 Å². The Balaban J connectivity index is 1.26. The highest BCUT2D eigenvalue weighted by Crippen LogP contribution is 2.28. The Kier molecular flexibility index (Phi) is 4.97. The van der Waals surface area contributed by atoms with E-state index in [0.29, 0.717) is 0 Å². The molecule has 1 saturated heterocycles. The van der Waals surface area contributed by atoms with Gasteiger partial charge in [-0.1, -0.05) is 12.1 Å². The maximum Gasteiger partial charge on any atom is 0.201 e. The lowest BCUT2D eigenvalue weighted by atomic mass is 10.2. The van der Waals surface area contributed by atoms with Crippen LogP contribution in [0.5, 0.6) is 5.75 Å². The molecule has 4 rings (SSSR count). The quantitative estimate of drug-likeness (QED) is 0.677. The average Bonchev–Trinajstić information content (AvgIpc) is 3.11. The van der Waals surface area contributed by atoms with Crippen molar-refractivity contribution in [1.82, 2.24) is 24.9 Å². The van der Waals surface area contributed by atoms with Crippen molar-refractivity contribution in [3.63, 3.8) is 0 Å². The number of pyridine rings is 1. The fraction of sp³-hybridized carbons (Fsp3) is 0.421. The molecular weight excluding hydrogens is 328 g/mol. The number of aromatic nitrogens is 4. The highest BCUT2D eigenvalue weighted by atomic mass is 16.5. The highest BCUT2D eigenvalue weighted by Gasteiger charge is 2.19. The first-order valence-electron chi connectivity index (χ1n) is 9.10. The second kappa shape index (κ2) is 7.70. The van der Waals surface area contributed by atoms with Gasteiger partial charge >= 0.3 is 0 Å². The molecule has 0 unspecified atom stereocenters. The number of benzene rings is 1. The first kappa shape index (κ1) is 16.8. The number of ether oxygens (including phenoxy) is 1. The van der Waals surface area contributed by atoms with Crippen LogP contribution in [-0.2, 0) is 6.54 Å². The van der Waals surface area contributed by atoms with Gasteiger partial charge in [-0.25, -0.2) is 4.98 Å². The van der Waals surface area contributed by atoms with Crippen LogP contribution < -0.4 is 9.64 Å². The molecular formula is C19H24N6O. The molecule has 0 radical (unpaired) electrons. The number of para-hydroxylation sites is 2. The largest absolute Gasteiger partial charge is 0.495 e. The first-order chi connectivity index (χ1) is 12.8. The van der Waals surface area contributed by atoms with E-state index in [1.165, 1.54) is 5.69 Å². The SMILES string of the molecule is COc1ccccc1N1CCN(CCCn2nc3cccnc3n2)CC1. The van der Waals surface area contributed by atoms with Gasteiger partial charge < -0.3 is 9.64 Å². The fourth-order valence-corrected chi connectivity index (χ4v) is 3.44. The maximum atomic E-state index is 5.49. The Morgan fingerprint density at radius 1 is 0.962 bits per heavy atom. The predicted molar refractivity (Wildman–Crippen MR) is 102 cm³/mol. The smallest absolute Gasteiger partial charge is 0.201 e. The summed E-state index contributed by atoms with van der Waals surface area (Å²) in [6, 6.07) is 12.1. The van der Waals surface area contributed by atoms with Gasteiger partial charge in [0.2, 0.25) is 5.65 Å². The number of hydrogen-bond acceptors (Lipinski definition) is 6. The van der Waals surface area contributed by atoms with E-state index >= 15 is 0 Å². The van der Waals surface area contributed by atoms with Crippen molar-refractivity contribution in [3.8, 4) is 5.75 Å². The van der Waals surface area contributed by atoms with Crippen LogP contribution >= 0.6 is 0 Å². The molecule has 0 aliphatic carbocycles. The average molecular weight is 352 g/mol. The molecule has 2 aromatic heterocycles. The first-order valence-corrected chi connectivity index (χ1v) is 9.10. The van der Waals surface area contributed by atoms with Gasteiger partial charge in [-0.3, -0.25) is 4.90 Å². The summed E-state index contributed by atoms with van der Waals surface area (Å²) < 4.78 is 5.49. The van der Waals surface area contributed by atoms with Crippen molar-refractivity contribution in [2.24, 2.45) is 0 Å². The second-order valence-electron chi connectivity index (χ2n) is 6.50. The molecule has 1 fully saturated rings. The number of hydrogen-bond donors (Lipinski definition) is 0. The Morgan fingerprint density at radius 3 is 2.62 bits per heavy atom. The third-order valence-corrected chi connectivity index (χ3v) is 4.83. The number of rotatable bonds is 6. The normalized spacial score (nSPS) is 15.5. The van der Waals surface area contributed by atoms with Crippen molar-refractivity contribution < 1.29 is 4.74 Å². The molecule has 1 aliphatic rings. The van der Waals surface area contributed by atoms with E-state index in [1.54, 1.807) is 18.1 Å². The molecule has 0 N–H and O–H groups in total. The van der Waals surface area contributed by atoms with Crippen LogP contribution in [0.1, 0.15) is 6.42 Å². The van der Waals surface area contributed by atoms with Crippen molar-refractivity contribution in [1.29, 1.82) is 0 Å². The molecule has 0 bridgehead atoms. The molecule has 0 amide bonds. The third-order valence-electron chi connectivity index (χ3n) is 4.83. The standard InChI is InChI=1S/C19H24N6O/c1-26-18-8-3-2-7-17(18)24-14-12-23(13-15-24)10-5-11-25-21-16-6-4-9-20-19(16)22-25/h2-4,6-9H,5,10-15H2,1H3. The van der Waals surface area contributed by atoms with Crippen LogP contribution in [0.15, 0.2) is 42.6 Å². The van der Waals surface area contributed by atoms with Gasteiger partial charge in [-0.15, -0.1) is 5.10 Å². The van der Waals surface area contributed by atoms with E-state index in [1.807, 2.05) is 24.3 Å². The van der Waals surface area contributed by atoms with Crippen LogP contribution in [0, 0.1) is 0 Å². The van der Waals surface area contributed by atoms with Gasteiger partial charge in [0.15, 0.2) is 0 Å². The summed E-state index contributed by atoms with van der Waals surface area (Å²) in [5.74, 6) is 0.950. The van der Waals surface area contributed by atoms with Crippen molar-refractivity contribution in [3.05, 3.63) is 42.6 Å². The zero-order valence-corrected chi connectivity index (χ0v) is 15.1. The number of piperazine rings is 1. The summed E-state index contributed by atoms with van der Waals surface area (Å²) in [6.07, 6.45) is 2.79. The van der Waals surface area contributed by atoms with Gasteiger partial charge in [-0.05, 0) is 30.7 Å². The van der Waals surface area contributed by atoms with Gasteiger partial charge in [0.1, 0.15) is 11.3 Å². The molecule has 136 valence electrons. The molecule has 3 heterocycles. The van der Waals surface area contributed by atoms with E-state index in [4.69, 9.17) is 4.74 Å². The molecule has 3 aromatic rings. The summed E-state index contributed by atoms with van der Waals surface area (Å²) in [5, 5.41) is 8.89. The third kappa shape index (κ3) is 3.62. The topological polar surface area (TPSA) is 59.3 Å². The Labute approximate surface area is 153 Å². The zero-order chi connectivity index (χ0) is 17.8. The van der Waals surface area contributed by atoms with Crippen molar-refractivity contribution in [2.75, 3.05) is 44.7 Å². The Morgan fingerprint density at radius 2 is 1.81 bits per heavy atom. The predicted octanol–water partition coefficient (Wildman–Crippen LogP) is 2.05. The van der Waals surface area contributed by atoms with Crippen LogP contribution in [0.2, 0.25) is 0 Å². The maximum absolute atomic E-state index is 5.49. The van der Waals surface area contributed by atoms with E-state index in [0.717, 1.165) is 62.6 Å². The molecule has 1 aliphatic heterocycles. The Hall–Kier alpha value is -2.67. The lowest BCUT2D eigenvalue weighted by Crippen LogP contribution is -2.46. The van der Waals surface area contributed by atoms with Crippen LogP contribution in [-0.4, -0.2) is 64.7 Å². The molecule has 7 heteroatoms. The number of nitrogens with zero attached hydrogens (tertiary/aromatic N) is 6. The van der Waals surface area contributed by atoms with Gasteiger partial charge in [0, 0.05) is 38.9 Å². The highest BCUT2D eigenvalue weighted by molar-refractivity contribution is 5.67. The monoisotopic (exact) mass is 352 g/mol. The van der Waals surface area contributed by atoms with Crippen molar-refractivity contribution in [2.45, 2.75) is 13.0 Å². The van der Waals surface area contributed by atoms with E-state index in [-0.39, 0.29) is 0 Å². The zero-order valence-electron chi connectivity index (χ0n) is 15.1. The van der Waals surface area contributed by atoms with Crippen LogP contribution in [0.25, 0.3) is 11.2 Å². The molecule has 26 heavy (non-hydrogen) atoms. The lowest BCUT2D eigenvalue weighted by Gasteiger charge is -2.36. The fourth-order valence-electron chi connectivity index (χ4n) is 3.44. The van der Waals surface area contributed by atoms with E-state index in [2.05, 4.69) is 37.1 Å². The summed E-state index contributed by atoms with van der Waals surface area (Å²) in [6.45, 7) is 6.05. The summed E-state index contributed by atoms with van der Waals surface area (Å²) in [7, 11) is 1.73. The summed E-state index contributed by atoms with van der Waals surface area (Å²) in [4.78, 5) is 10.9. The van der Waals surface area contributed by atoms with E-state index in [9.17, 15) is 0 Å². The number of anilines is 1. The second-order valence-corrected chi connectivity index (χ2v) is 6.50. The minimum absolute atomic E-state index is 0.720. The minimum Gasteiger partial charge on any atom is -0.495 e. The van der Waals surface area contributed by atoms with Crippen LogP contribution in [0.3, 0.4) is 0 Å². The molecule has 1 aromatic carbocycles. The number of aryl methyl sites for hydroxylation is 1. The summed E-state index contributed by atoms with van der Waals surface area (Å²) in [5.41, 5.74) is 2.77. The van der Waals surface area contributed by atoms with Crippen molar-refractivity contribution >= 4 is 16.9 Å². The van der Waals surface area contributed by atoms with Crippen LogP contribution in [0.4, 0.5) is 5.69 Å². The molecule has 0 spiro atoms. The minimum atomic E-state index is 0.720.